The van der Waals surface area contributed by atoms with Gasteiger partial charge in [-0.2, -0.15) is 5.10 Å². The van der Waals surface area contributed by atoms with Gasteiger partial charge in [0.05, 0.1) is 29.7 Å². The van der Waals surface area contributed by atoms with Crippen LogP contribution in [0.3, 0.4) is 0 Å². The number of aromatic nitrogens is 2. The summed E-state index contributed by atoms with van der Waals surface area (Å²) >= 11 is 5.97. The first-order valence-electron chi connectivity index (χ1n) is 7.34. The third-order valence-corrected chi connectivity index (χ3v) is 4.42. The standard InChI is InChI=1S/C16H15ClFN3O3/c1-10-13(8-19-21(10)12-4-2-3-11(17)7-12)14(22)20-6-5-16(18,9-20)15(23)24/h2-4,7-8H,5-6,9H2,1H3,(H,23,24). The van der Waals surface area contributed by atoms with Crippen molar-refractivity contribution < 1.29 is 19.1 Å². The summed E-state index contributed by atoms with van der Waals surface area (Å²) in [5.41, 5.74) is -0.795. The molecular formula is C16H15ClFN3O3. The van der Waals surface area contributed by atoms with E-state index in [0.29, 0.717) is 22.0 Å². The van der Waals surface area contributed by atoms with Gasteiger partial charge in [-0.3, -0.25) is 4.79 Å². The Balaban J connectivity index is 1.86. The van der Waals surface area contributed by atoms with E-state index in [0.717, 1.165) is 0 Å². The molecule has 126 valence electrons. The Labute approximate surface area is 142 Å². The molecule has 1 amide bonds. The monoisotopic (exact) mass is 351 g/mol. The largest absolute Gasteiger partial charge is 0.479 e. The third-order valence-electron chi connectivity index (χ3n) is 4.18. The summed E-state index contributed by atoms with van der Waals surface area (Å²) in [4.78, 5) is 24.8. The van der Waals surface area contributed by atoms with Gasteiger partial charge in [0.25, 0.3) is 5.91 Å². The molecule has 1 fully saturated rings. The Morgan fingerprint density at radius 3 is 2.79 bits per heavy atom. The number of halogens is 2. The average Bonchev–Trinajstić information content (AvgIpc) is 3.11. The fraction of sp³-hybridized carbons (Fsp3) is 0.312. The Morgan fingerprint density at radius 2 is 2.17 bits per heavy atom. The molecule has 24 heavy (non-hydrogen) atoms. The van der Waals surface area contributed by atoms with Crippen LogP contribution in [0.15, 0.2) is 30.5 Å². The number of alkyl halides is 1. The third kappa shape index (κ3) is 2.75. The summed E-state index contributed by atoms with van der Waals surface area (Å²) in [6.07, 6.45) is 1.19. The molecule has 1 aliphatic rings. The van der Waals surface area contributed by atoms with Crippen LogP contribution < -0.4 is 0 Å². The maximum absolute atomic E-state index is 14.1. The van der Waals surface area contributed by atoms with Crippen LogP contribution in [0.25, 0.3) is 5.69 Å². The summed E-state index contributed by atoms with van der Waals surface area (Å²) in [6, 6.07) is 7.01. The second-order valence-electron chi connectivity index (χ2n) is 5.78. The molecule has 1 saturated heterocycles. The summed E-state index contributed by atoms with van der Waals surface area (Å²) in [6.45, 7) is 1.32. The van der Waals surface area contributed by atoms with Crippen molar-refractivity contribution in [3.05, 3.63) is 46.7 Å². The summed E-state index contributed by atoms with van der Waals surface area (Å²) in [5.74, 6) is -1.97. The molecular weight excluding hydrogens is 337 g/mol. The fourth-order valence-electron chi connectivity index (χ4n) is 2.78. The molecule has 1 aromatic carbocycles. The Kier molecular flexibility index (Phi) is 4.04. The lowest BCUT2D eigenvalue weighted by atomic mass is 10.1. The van der Waals surface area contributed by atoms with E-state index in [1.807, 2.05) is 0 Å². The van der Waals surface area contributed by atoms with Crippen LogP contribution in [0.1, 0.15) is 22.5 Å². The highest BCUT2D eigenvalue weighted by atomic mass is 35.5. The van der Waals surface area contributed by atoms with Crippen molar-refractivity contribution in [1.29, 1.82) is 0 Å². The number of carboxylic acids is 1. The van der Waals surface area contributed by atoms with E-state index < -0.39 is 24.1 Å². The minimum atomic E-state index is -2.38. The van der Waals surface area contributed by atoms with Crippen molar-refractivity contribution >= 4 is 23.5 Å². The zero-order valence-electron chi connectivity index (χ0n) is 12.9. The van der Waals surface area contributed by atoms with Gasteiger partial charge in [-0.1, -0.05) is 17.7 Å². The molecule has 1 N–H and O–H groups in total. The molecule has 1 atom stereocenters. The quantitative estimate of drug-likeness (QED) is 0.921. The van der Waals surface area contributed by atoms with Crippen molar-refractivity contribution in [1.82, 2.24) is 14.7 Å². The Hall–Kier alpha value is -2.41. The van der Waals surface area contributed by atoms with E-state index in [1.165, 1.54) is 11.1 Å². The van der Waals surface area contributed by atoms with Crippen molar-refractivity contribution in [2.75, 3.05) is 13.1 Å². The highest BCUT2D eigenvalue weighted by Crippen LogP contribution is 2.28. The molecule has 2 aromatic rings. The number of amides is 1. The molecule has 0 saturated carbocycles. The number of carboxylic acid groups (broad SMARTS) is 1. The zero-order valence-corrected chi connectivity index (χ0v) is 13.6. The predicted octanol–water partition coefficient (Wildman–Crippen LogP) is 2.47. The number of nitrogens with zero attached hydrogens (tertiary/aromatic N) is 3. The van der Waals surface area contributed by atoms with E-state index >= 15 is 0 Å². The maximum Gasteiger partial charge on any atom is 0.343 e. The number of hydrogen-bond donors (Lipinski definition) is 1. The molecule has 1 aromatic heterocycles. The average molecular weight is 352 g/mol. The number of aliphatic carboxylic acids is 1. The van der Waals surface area contributed by atoms with Crippen molar-refractivity contribution in [3.63, 3.8) is 0 Å². The van der Waals surface area contributed by atoms with Crippen LogP contribution in [-0.2, 0) is 4.79 Å². The Morgan fingerprint density at radius 1 is 1.42 bits per heavy atom. The van der Waals surface area contributed by atoms with Gasteiger partial charge in [0.2, 0.25) is 5.67 Å². The molecule has 6 nitrogen and oxygen atoms in total. The first kappa shape index (κ1) is 16.4. The molecule has 0 spiro atoms. The van der Waals surface area contributed by atoms with Crippen LogP contribution in [-0.4, -0.2) is 50.4 Å². The molecule has 1 unspecified atom stereocenters. The van der Waals surface area contributed by atoms with Crippen molar-refractivity contribution in [2.45, 2.75) is 19.0 Å². The molecule has 0 radical (unpaired) electrons. The van der Waals surface area contributed by atoms with Gasteiger partial charge in [0.15, 0.2) is 0 Å². The van der Waals surface area contributed by atoms with Crippen LogP contribution in [0, 0.1) is 6.92 Å². The van der Waals surface area contributed by atoms with Gasteiger partial charge in [0, 0.05) is 18.0 Å². The van der Waals surface area contributed by atoms with Gasteiger partial charge in [0.1, 0.15) is 0 Å². The smallest absolute Gasteiger partial charge is 0.343 e. The van der Waals surface area contributed by atoms with E-state index in [1.54, 1.807) is 35.9 Å². The maximum atomic E-state index is 14.1. The highest BCUT2D eigenvalue weighted by Gasteiger charge is 2.47. The van der Waals surface area contributed by atoms with Crippen LogP contribution in [0.2, 0.25) is 5.02 Å². The second-order valence-corrected chi connectivity index (χ2v) is 6.22. The minimum Gasteiger partial charge on any atom is -0.479 e. The first-order valence-corrected chi connectivity index (χ1v) is 7.72. The molecule has 0 bridgehead atoms. The van der Waals surface area contributed by atoms with Gasteiger partial charge in [-0.25, -0.2) is 13.9 Å². The fourth-order valence-corrected chi connectivity index (χ4v) is 2.96. The van der Waals surface area contributed by atoms with Gasteiger partial charge in [-0.15, -0.1) is 0 Å². The number of likely N-dealkylation sites (tertiary alicyclic amines) is 1. The number of benzene rings is 1. The predicted molar refractivity (Wildman–Crippen MR) is 85.3 cm³/mol. The molecule has 1 aliphatic heterocycles. The minimum absolute atomic E-state index is 0.0589. The summed E-state index contributed by atoms with van der Waals surface area (Å²) < 4.78 is 15.7. The Bertz CT molecular complexity index is 823. The van der Waals surface area contributed by atoms with E-state index in [2.05, 4.69) is 5.10 Å². The number of carbonyl (C=O) groups excluding carboxylic acids is 1. The number of hydrogen-bond acceptors (Lipinski definition) is 3. The molecule has 8 heteroatoms. The van der Waals surface area contributed by atoms with Gasteiger partial charge >= 0.3 is 5.97 Å². The summed E-state index contributed by atoms with van der Waals surface area (Å²) in [7, 11) is 0. The van der Waals surface area contributed by atoms with Gasteiger partial charge in [-0.05, 0) is 25.1 Å². The highest BCUT2D eigenvalue weighted by molar-refractivity contribution is 6.30. The molecule has 3 rings (SSSR count). The first-order chi connectivity index (χ1) is 11.3. The SMILES string of the molecule is Cc1c(C(=O)N2CCC(F)(C(=O)O)C2)cnn1-c1cccc(Cl)c1. The zero-order chi connectivity index (χ0) is 17.5. The second kappa shape index (κ2) is 5.90. The molecule has 2 heterocycles. The number of carbonyl (C=O) groups is 2. The lowest BCUT2D eigenvalue weighted by molar-refractivity contribution is -0.149. The van der Waals surface area contributed by atoms with E-state index in [4.69, 9.17) is 16.7 Å². The van der Waals surface area contributed by atoms with Crippen LogP contribution in [0.5, 0.6) is 0 Å². The van der Waals surface area contributed by atoms with E-state index in [9.17, 15) is 14.0 Å². The van der Waals surface area contributed by atoms with Gasteiger partial charge < -0.3 is 10.0 Å². The normalized spacial score (nSPS) is 20.4. The topological polar surface area (TPSA) is 75.4 Å². The van der Waals surface area contributed by atoms with Crippen molar-refractivity contribution in [3.8, 4) is 5.69 Å². The lowest BCUT2D eigenvalue weighted by Gasteiger charge is -2.17. The van der Waals surface area contributed by atoms with E-state index in [-0.39, 0.29) is 13.0 Å². The number of rotatable bonds is 3. The summed E-state index contributed by atoms with van der Waals surface area (Å²) in [5, 5.41) is 13.7. The van der Waals surface area contributed by atoms with Crippen LogP contribution >= 0.6 is 11.6 Å². The van der Waals surface area contributed by atoms with Crippen LogP contribution in [0.4, 0.5) is 4.39 Å². The van der Waals surface area contributed by atoms with Crippen molar-refractivity contribution in [2.24, 2.45) is 0 Å². The lowest BCUT2D eigenvalue weighted by Crippen LogP contribution is -2.39. The molecule has 0 aliphatic carbocycles.